The van der Waals surface area contributed by atoms with Gasteiger partial charge in [0.05, 0.1) is 0 Å². The second kappa shape index (κ2) is 7.14. The SMILES string of the molecule is CCC1(C)CC(OC(=O)Nc2cccc(C)c2)C(C)C(C)(CC)N1. The van der Waals surface area contributed by atoms with E-state index in [0.29, 0.717) is 0 Å². The molecule has 0 bridgehead atoms. The summed E-state index contributed by atoms with van der Waals surface area (Å²) in [4.78, 5) is 12.4. The molecule has 2 N–H and O–H groups in total. The summed E-state index contributed by atoms with van der Waals surface area (Å²) in [5.41, 5.74) is 1.85. The zero-order valence-electron chi connectivity index (χ0n) is 15.9. The van der Waals surface area contributed by atoms with E-state index in [-0.39, 0.29) is 29.2 Å². The van der Waals surface area contributed by atoms with Crippen LogP contribution in [0.3, 0.4) is 0 Å². The predicted molar refractivity (Wildman–Crippen MR) is 99.4 cm³/mol. The number of piperidine rings is 1. The van der Waals surface area contributed by atoms with Crippen LogP contribution < -0.4 is 10.6 Å². The first-order valence-electron chi connectivity index (χ1n) is 9.05. The number of benzene rings is 1. The quantitative estimate of drug-likeness (QED) is 0.826. The molecule has 1 fully saturated rings. The smallest absolute Gasteiger partial charge is 0.411 e. The molecule has 0 radical (unpaired) electrons. The maximum absolute atomic E-state index is 12.4. The number of carbonyl (C=O) groups excluding carboxylic acids is 1. The number of carbonyl (C=O) groups is 1. The monoisotopic (exact) mass is 332 g/mol. The molecule has 1 aromatic rings. The predicted octanol–water partition coefficient (Wildman–Crippen LogP) is 4.88. The van der Waals surface area contributed by atoms with E-state index in [0.717, 1.165) is 30.5 Å². The zero-order chi connectivity index (χ0) is 18.0. The fourth-order valence-electron chi connectivity index (χ4n) is 3.68. The van der Waals surface area contributed by atoms with Crippen molar-refractivity contribution in [2.75, 3.05) is 5.32 Å². The molecule has 0 spiro atoms. The Hall–Kier alpha value is -1.55. The molecule has 1 aromatic carbocycles. The molecule has 1 heterocycles. The lowest BCUT2D eigenvalue weighted by molar-refractivity contribution is -0.0333. The Morgan fingerprint density at radius 3 is 2.62 bits per heavy atom. The summed E-state index contributed by atoms with van der Waals surface area (Å²) in [6.07, 6.45) is 2.39. The minimum absolute atomic E-state index is 0.00838. The molecule has 4 unspecified atom stereocenters. The van der Waals surface area contributed by atoms with Gasteiger partial charge in [-0.15, -0.1) is 0 Å². The van der Waals surface area contributed by atoms with E-state index in [1.807, 2.05) is 31.2 Å². The van der Waals surface area contributed by atoms with Gasteiger partial charge >= 0.3 is 6.09 Å². The minimum atomic E-state index is -0.365. The summed E-state index contributed by atoms with van der Waals surface area (Å²) in [6, 6.07) is 7.76. The molecule has 0 saturated carbocycles. The van der Waals surface area contributed by atoms with Gasteiger partial charge in [0.25, 0.3) is 0 Å². The van der Waals surface area contributed by atoms with Gasteiger partial charge < -0.3 is 10.1 Å². The third kappa shape index (κ3) is 4.10. The zero-order valence-corrected chi connectivity index (χ0v) is 15.9. The van der Waals surface area contributed by atoms with Crippen LogP contribution in [0, 0.1) is 12.8 Å². The second-order valence-corrected chi connectivity index (χ2v) is 7.74. The highest BCUT2D eigenvalue weighted by Crippen LogP contribution is 2.38. The Balaban J connectivity index is 2.10. The number of amides is 1. The standard InChI is InChI=1S/C20H32N2O2/c1-7-19(5)13-17(15(4)20(6,8-2)22-19)24-18(23)21-16-11-9-10-14(3)12-16/h9-12,15,17,22H,7-8,13H2,1-6H3,(H,21,23). The van der Waals surface area contributed by atoms with Gasteiger partial charge in [0.2, 0.25) is 0 Å². The third-order valence-electron chi connectivity index (χ3n) is 5.84. The van der Waals surface area contributed by atoms with Crippen LogP contribution in [0.25, 0.3) is 0 Å². The Bertz CT molecular complexity index is 589. The van der Waals surface area contributed by atoms with Crippen LogP contribution in [-0.2, 0) is 4.74 Å². The number of anilines is 1. The van der Waals surface area contributed by atoms with Crippen LogP contribution in [0.2, 0.25) is 0 Å². The molecule has 0 aliphatic carbocycles. The van der Waals surface area contributed by atoms with Gasteiger partial charge in [0.1, 0.15) is 6.10 Å². The van der Waals surface area contributed by atoms with Gasteiger partial charge in [-0.1, -0.05) is 32.9 Å². The Kier molecular flexibility index (Phi) is 5.59. The lowest BCUT2D eigenvalue weighted by Crippen LogP contribution is -2.66. The number of hydrogen-bond acceptors (Lipinski definition) is 3. The molecular weight excluding hydrogens is 300 g/mol. The fourth-order valence-corrected chi connectivity index (χ4v) is 3.68. The fraction of sp³-hybridized carbons (Fsp3) is 0.650. The van der Waals surface area contributed by atoms with E-state index in [1.165, 1.54) is 0 Å². The average Bonchev–Trinajstić information content (AvgIpc) is 2.52. The first-order valence-corrected chi connectivity index (χ1v) is 9.05. The van der Waals surface area contributed by atoms with E-state index in [2.05, 4.69) is 45.3 Å². The van der Waals surface area contributed by atoms with E-state index < -0.39 is 0 Å². The van der Waals surface area contributed by atoms with Crippen LogP contribution in [0.15, 0.2) is 24.3 Å². The molecule has 134 valence electrons. The van der Waals surface area contributed by atoms with Crippen molar-refractivity contribution in [1.29, 1.82) is 0 Å². The molecule has 4 atom stereocenters. The van der Waals surface area contributed by atoms with Crippen molar-refractivity contribution in [2.24, 2.45) is 5.92 Å². The van der Waals surface area contributed by atoms with Gasteiger partial charge in [0.15, 0.2) is 0 Å². The summed E-state index contributed by atoms with van der Waals surface area (Å²) in [6.45, 7) is 13.0. The van der Waals surface area contributed by atoms with Crippen LogP contribution >= 0.6 is 0 Å². The molecule has 2 rings (SSSR count). The summed E-state index contributed by atoms with van der Waals surface area (Å²) in [5.74, 6) is 0.255. The summed E-state index contributed by atoms with van der Waals surface area (Å²) < 4.78 is 5.85. The molecule has 1 aliphatic heterocycles. The van der Waals surface area contributed by atoms with Crippen molar-refractivity contribution < 1.29 is 9.53 Å². The topological polar surface area (TPSA) is 50.4 Å². The van der Waals surface area contributed by atoms with Gasteiger partial charge in [-0.3, -0.25) is 5.32 Å². The molecular formula is C20H32N2O2. The van der Waals surface area contributed by atoms with E-state index in [1.54, 1.807) is 0 Å². The molecule has 0 aromatic heterocycles. The summed E-state index contributed by atoms with van der Waals surface area (Å²) >= 11 is 0. The number of aryl methyl sites for hydroxylation is 1. The number of rotatable bonds is 4. The summed E-state index contributed by atoms with van der Waals surface area (Å²) in [5, 5.41) is 6.66. The van der Waals surface area contributed by atoms with Crippen LogP contribution in [0.1, 0.15) is 59.4 Å². The third-order valence-corrected chi connectivity index (χ3v) is 5.84. The maximum atomic E-state index is 12.4. The second-order valence-electron chi connectivity index (χ2n) is 7.74. The van der Waals surface area contributed by atoms with E-state index >= 15 is 0 Å². The van der Waals surface area contributed by atoms with Crippen molar-refractivity contribution >= 4 is 11.8 Å². The van der Waals surface area contributed by atoms with E-state index in [9.17, 15) is 4.79 Å². The molecule has 4 nitrogen and oxygen atoms in total. The van der Waals surface area contributed by atoms with Gasteiger partial charge in [-0.05, 0) is 51.3 Å². The van der Waals surface area contributed by atoms with Crippen LogP contribution in [0.4, 0.5) is 10.5 Å². The highest BCUT2D eigenvalue weighted by Gasteiger charge is 2.47. The first kappa shape index (κ1) is 18.8. The molecule has 24 heavy (non-hydrogen) atoms. The van der Waals surface area contributed by atoms with Crippen LogP contribution in [-0.4, -0.2) is 23.3 Å². The molecule has 4 heteroatoms. The molecule has 1 amide bonds. The van der Waals surface area contributed by atoms with E-state index in [4.69, 9.17) is 4.74 Å². The minimum Gasteiger partial charge on any atom is -0.446 e. The lowest BCUT2D eigenvalue weighted by Gasteiger charge is -2.52. The van der Waals surface area contributed by atoms with Crippen molar-refractivity contribution in [1.82, 2.24) is 5.32 Å². The maximum Gasteiger partial charge on any atom is 0.411 e. The first-order chi connectivity index (χ1) is 11.2. The largest absolute Gasteiger partial charge is 0.446 e. The number of ether oxygens (including phenoxy) is 1. The molecule has 1 saturated heterocycles. The van der Waals surface area contributed by atoms with Crippen molar-refractivity contribution in [2.45, 2.75) is 78.0 Å². The lowest BCUT2D eigenvalue weighted by atomic mass is 9.70. The van der Waals surface area contributed by atoms with Crippen molar-refractivity contribution in [3.05, 3.63) is 29.8 Å². The Morgan fingerprint density at radius 1 is 1.33 bits per heavy atom. The normalized spacial score (nSPS) is 33.1. The number of nitrogens with one attached hydrogen (secondary N) is 2. The Morgan fingerprint density at radius 2 is 2.04 bits per heavy atom. The van der Waals surface area contributed by atoms with Crippen molar-refractivity contribution in [3.63, 3.8) is 0 Å². The average molecular weight is 332 g/mol. The van der Waals surface area contributed by atoms with Gasteiger partial charge in [-0.2, -0.15) is 0 Å². The van der Waals surface area contributed by atoms with Crippen molar-refractivity contribution in [3.8, 4) is 0 Å². The Labute approximate surface area is 146 Å². The summed E-state index contributed by atoms with van der Waals surface area (Å²) in [7, 11) is 0. The van der Waals surface area contributed by atoms with Gasteiger partial charge in [0, 0.05) is 29.1 Å². The molecule has 1 aliphatic rings. The number of hydrogen-bond donors (Lipinski definition) is 2. The highest BCUT2D eigenvalue weighted by atomic mass is 16.6. The van der Waals surface area contributed by atoms with Gasteiger partial charge in [-0.25, -0.2) is 4.79 Å². The highest BCUT2D eigenvalue weighted by molar-refractivity contribution is 5.84. The van der Waals surface area contributed by atoms with Crippen LogP contribution in [0.5, 0.6) is 0 Å².